The predicted molar refractivity (Wildman–Crippen MR) is 111 cm³/mol. The van der Waals surface area contributed by atoms with Crippen molar-refractivity contribution in [3.05, 3.63) is 46.1 Å². The summed E-state index contributed by atoms with van der Waals surface area (Å²) in [6.45, 7) is 3.50. The Morgan fingerprint density at radius 3 is 2.63 bits per heavy atom. The molecule has 0 atom stereocenters. The molecule has 30 heavy (non-hydrogen) atoms. The fourth-order valence-corrected chi connectivity index (χ4v) is 5.59. The fourth-order valence-electron chi connectivity index (χ4n) is 2.88. The smallest absolute Gasteiger partial charge is 0.316 e. The van der Waals surface area contributed by atoms with Crippen molar-refractivity contribution >= 4 is 44.6 Å². The largest absolute Gasteiger partial charge is 0.378 e. The van der Waals surface area contributed by atoms with Crippen LogP contribution >= 0.6 is 22.9 Å². The minimum absolute atomic E-state index is 0.100. The first-order chi connectivity index (χ1) is 14.3. The highest BCUT2D eigenvalue weighted by atomic mass is 35.5. The third kappa shape index (κ3) is 4.33. The number of aryl methyl sites for hydroxylation is 1. The zero-order chi connectivity index (χ0) is 21.3. The van der Waals surface area contributed by atoms with Gasteiger partial charge in [0.25, 0.3) is 10.0 Å². The van der Waals surface area contributed by atoms with E-state index in [4.69, 9.17) is 20.9 Å². The van der Waals surface area contributed by atoms with Gasteiger partial charge in [0.05, 0.1) is 18.1 Å². The minimum atomic E-state index is -3.83. The summed E-state index contributed by atoms with van der Waals surface area (Å²) in [6.07, 6.45) is 0. The first-order valence-electron chi connectivity index (χ1n) is 8.93. The van der Waals surface area contributed by atoms with E-state index in [1.165, 1.54) is 17.4 Å². The second-order valence-electron chi connectivity index (χ2n) is 6.47. The molecule has 3 heterocycles. The highest BCUT2D eigenvalue weighted by Crippen LogP contribution is 2.33. The first-order valence-corrected chi connectivity index (χ1v) is 11.6. The van der Waals surface area contributed by atoms with Crippen molar-refractivity contribution in [1.29, 1.82) is 0 Å². The van der Waals surface area contributed by atoms with Crippen LogP contribution in [-0.2, 0) is 14.8 Å². The molecule has 1 aliphatic rings. The summed E-state index contributed by atoms with van der Waals surface area (Å²) in [5.41, 5.74) is 0.393. The number of benzene rings is 1. The number of nitrogens with one attached hydrogen (secondary N) is 1. The lowest BCUT2D eigenvalue weighted by Crippen LogP contribution is -2.40. The Kier molecular flexibility index (Phi) is 5.78. The number of hydrogen-bond donors (Lipinski definition) is 1. The molecule has 2 aromatic heterocycles. The maximum absolute atomic E-state index is 12.8. The Bertz CT molecular complexity index is 1170. The van der Waals surface area contributed by atoms with Gasteiger partial charge in [-0.15, -0.1) is 11.3 Å². The van der Waals surface area contributed by atoms with Crippen molar-refractivity contribution in [2.75, 3.05) is 31.0 Å². The Hall–Kier alpha value is -2.47. The number of carbonyl (C=O) groups is 1. The van der Waals surface area contributed by atoms with Crippen LogP contribution in [0.4, 0.5) is 5.69 Å². The van der Waals surface area contributed by atoms with Gasteiger partial charge in [-0.3, -0.25) is 9.52 Å². The highest BCUT2D eigenvalue weighted by Gasteiger charge is 2.26. The van der Waals surface area contributed by atoms with E-state index in [-0.39, 0.29) is 22.5 Å². The molecular weight excluding hydrogens is 452 g/mol. The summed E-state index contributed by atoms with van der Waals surface area (Å²) in [6, 6.07) is 7.80. The number of halogens is 1. The molecule has 1 saturated heterocycles. The van der Waals surface area contributed by atoms with Gasteiger partial charge in [0, 0.05) is 28.7 Å². The summed E-state index contributed by atoms with van der Waals surface area (Å²) in [7, 11) is -3.83. The third-order valence-electron chi connectivity index (χ3n) is 4.39. The normalized spacial score (nSPS) is 14.7. The van der Waals surface area contributed by atoms with Gasteiger partial charge >= 0.3 is 11.8 Å². The van der Waals surface area contributed by atoms with Crippen LogP contribution in [0.2, 0.25) is 5.02 Å². The molecule has 1 amide bonds. The molecular formula is C18H17ClN4O5S2. The zero-order valence-electron chi connectivity index (χ0n) is 15.8. The molecule has 4 rings (SSSR count). The number of nitrogens with zero attached hydrogens (tertiary/aromatic N) is 3. The topological polar surface area (TPSA) is 115 Å². The molecule has 0 aliphatic carbocycles. The lowest BCUT2D eigenvalue weighted by Gasteiger charge is -2.25. The van der Waals surface area contributed by atoms with Gasteiger partial charge in [0.1, 0.15) is 4.90 Å². The Labute approximate surface area is 181 Å². The Balaban J connectivity index is 1.56. The summed E-state index contributed by atoms with van der Waals surface area (Å²) in [5, 5.41) is 4.35. The number of amides is 1. The van der Waals surface area contributed by atoms with Crippen LogP contribution in [0.25, 0.3) is 10.7 Å². The van der Waals surface area contributed by atoms with E-state index in [0.29, 0.717) is 46.8 Å². The second kappa shape index (κ2) is 8.34. The van der Waals surface area contributed by atoms with Gasteiger partial charge in [-0.2, -0.15) is 4.98 Å². The van der Waals surface area contributed by atoms with E-state index in [9.17, 15) is 13.2 Å². The van der Waals surface area contributed by atoms with E-state index in [2.05, 4.69) is 14.9 Å². The van der Waals surface area contributed by atoms with Crippen LogP contribution in [0.15, 0.2) is 39.8 Å². The van der Waals surface area contributed by atoms with Crippen LogP contribution in [0.1, 0.15) is 15.6 Å². The SMILES string of the molecule is Cc1sc(-c2noc(C(=O)N3CCOCC3)n2)cc1S(=O)(=O)Nc1ccc(Cl)cc1. The summed E-state index contributed by atoms with van der Waals surface area (Å²) in [4.78, 5) is 19.3. The van der Waals surface area contributed by atoms with Crippen LogP contribution < -0.4 is 4.72 Å². The minimum Gasteiger partial charge on any atom is -0.378 e. The maximum Gasteiger partial charge on any atom is 0.316 e. The van der Waals surface area contributed by atoms with Gasteiger partial charge in [-0.1, -0.05) is 16.8 Å². The number of aromatic nitrogens is 2. The number of morpholine rings is 1. The van der Waals surface area contributed by atoms with Crippen LogP contribution in [-0.4, -0.2) is 55.7 Å². The number of thiophene rings is 1. The number of carbonyl (C=O) groups excluding carboxylic acids is 1. The lowest BCUT2D eigenvalue weighted by atomic mass is 10.3. The van der Waals surface area contributed by atoms with Crippen molar-refractivity contribution in [3.8, 4) is 10.7 Å². The molecule has 0 spiro atoms. The van der Waals surface area contributed by atoms with Gasteiger partial charge in [-0.25, -0.2) is 8.42 Å². The molecule has 3 aromatic rings. The number of ether oxygens (including phenoxy) is 1. The average molecular weight is 469 g/mol. The van der Waals surface area contributed by atoms with E-state index >= 15 is 0 Å². The molecule has 158 valence electrons. The molecule has 0 radical (unpaired) electrons. The molecule has 0 unspecified atom stereocenters. The van der Waals surface area contributed by atoms with Crippen molar-refractivity contribution in [1.82, 2.24) is 15.0 Å². The standard InChI is InChI=1S/C18H17ClN4O5S2/c1-11-15(30(25,26)22-13-4-2-12(19)3-5-13)10-14(29-11)16-20-17(28-21-16)18(24)23-6-8-27-9-7-23/h2-5,10,22H,6-9H2,1H3. The van der Waals surface area contributed by atoms with Crippen LogP contribution in [0.5, 0.6) is 0 Å². The molecule has 9 nitrogen and oxygen atoms in total. The molecule has 0 saturated carbocycles. The van der Waals surface area contributed by atoms with Gasteiger partial charge in [0.15, 0.2) is 0 Å². The monoisotopic (exact) mass is 468 g/mol. The van der Waals surface area contributed by atoms with Crippen molar-refractivity contribution in [2.45, 2.75) is 11.8 Å². The molecule has 0 bridgehead atoms. The third-order valence-corrected chi connectivity index (χ3v) is 7.32. The summed E-state index contributed by atoms with van der Waals surface area (Å²) >= 11 is 7.04. The summed E-state index contributed by atoms with van der Waals surface area (Å²) in [5.74, 6) is -0.350. The molecule has 1 aliphatic heterocycles. The average Bonchev–Trinajstić information content (AvgIpc) is 3.37. The summed E-state index contributed by atoms with van der Waals surface area (Å²) < 4.78 is 38.5. The quantitative estimate of drug-likeness (QED) is 0.611. The molecule has 1 N–H and O–H groups in total. The van der Waals surface area contributed by atoms with Gasteiger partial charge in [0.2, 0.25) is 5.82 Å². The predicted octanol–water partition coefficient (Wildman–Crippen LogP) is 3.03. The molecule has 1 aromatic carbocycles. The van der Waals surface area contributed by atoms with E-state index < -0.39 is 10.0 Å². The number of rotatable bonds is 5. The van der Waals surface area contributed by atoms with Gasteiger partial charge in [-0.05, 0) is 37.3 Å². The lowest BCUT2D eigenvalue weighted by molar-refractivity contribution is 0.0272. The highest BCUT2D eigenvalue weighted by molar-refractivity contribution is 7.93. The van der Waals surface area contributed by atoms with E-state index in [1.54, 1.807) is 36.1 Å². The van der Waals surface area contributed by atoms with Crippen molar-refractivity contribution < 1.29 is 22.5 Å². The molecule has 12 heteroatoms. The van der Waals surface area contributed by atoms with E-state index in [0.717, 1.165) is 0 Å². The number of sulfonamides is 1. The Morgan fingerprint density at radius 1 is 1.23 bits per heavy atom. The fraction of sp³-hybridized carbons (Fsp3) is 0.278. The Morgan fingerprint density at radius 2 is 1.93 bits per heavy atom. The number of anilines is 1. The number of hydrogen-bond acceptors (Lipinski definition) is 8. The van der Waals surface area contributed by atoms with Crippen LogP contribution in [0, 0.1) is 6.92 Å². The molecule has 1 fully saturated rings. The van der Waals surface area contributed by atoms with Gasteiger partial charge < -0.3 is 14.2 Å². The van der Waals surface area contributed by atoms with E-state index in [1.807, 2.05) is 0 Å². The van der Waals surface area contributed by atoms with Crippen LogP contribution in [0.3, 0.4) is 0 Å². The maximum atomic E-state index is 12.8. The zero-order valence-corrected chi connectivity index (χ0v) is 18.2. The first kappa shape index (κ1) is 20.8. The second-order valence-corrected chi connectivity index (χ2v) is 9.81. The van der Waals surface area contributed by atoms with Crippen molar-refractivity contribution in [2.24, 2.45) is 0 Å². The van der Waals surface area contributed by atoms with Crippen molar-refractivity contribution in [3.63, 3.8) is 0 Å².